The van der Waals surface area contributed by atoms with Crippen molar-refractivity contribution in [3.05, 3.63) is 33.3 Å². The van der Waals surface area contributed by atoms with E-state index in [2.05, 4.69) is 31.0 Å². The lowest BCUT2D eigenvalue weighted by Crippen LogP contribution is -2.11. The number of H-pyrrole nitrogens is 1. The number of aromatic amines is 1. The lowest BCUT2D eigenvalue weighted by atomic mass is 10.2. The average molecular weight is 325 g/mol. The number of pyridine rings is 1. The zero-order valence-electron chi connectivity index (χ0n) is 9.48. The van der Waals surface area contributed by atoms with E-state index >= 15 is 0 Å². The Bertz CT molecular complexity index is 795. The predicted octanol–water partition coefficient (Wildman–Crippen LogP) is 2.45. The van der Waals surface area contributed by atoms with Crippen molar-refractivity contribution in [2.45, 2.75) is 12.1 Å². The molecule has 0 unspecified atom stereocenters. The highest BCUT2D eigenvalue weighted by molar-refractivity contribution is 9.10. The molecule has 0 spiro atoms. The van der Waals surface area contributed by atoms with Gasteiger partial charge in [-0.3, -0.25) is 4.79 Å². The maximum atomic E-state index is 12.1. The fourth-order valence-corrected chi connectivity index (χ4v) is 2.96. The molecule has 0 aliphatic heterocycles. The van der Waals surface area contributed by atoms with Crippen molar-refractivity contribution >= 4 is 44.1 Å². The minimum absolute atomic E-state index is 0.131. The van der Waals surface area contributed by atoms with E-state index < -0.39 is 0 Å². The number of halogens is 1. The molecular weight excluding hydrogens is 316 g/mol. The lowest BCUT2D eigenvalue weighted by molar-refractivity contribution is 0.927. The van der Waals surface area contributed by atoms with Crippen molar-refractivity contribution in [2.24, 2.45) is 0 Å². The summed E-state index contributed by atoms with van der Waals surface area (Å²) in [5, 5.41) is 5.36. The molecular formula is C11H9BrN4OS. The molecule has 0 aliphatic rings. The Labute approximate surface area is 115 Å². The molecule has 3 aromatic rings. The molecule has 0 saturated heterocycles. The second-order valence-corrected chi connectivity index (χ2v) is 5.72. The summed E-state index contributed by atoms with van der Waals surface area (Å²) in [6.07, 6.45) is 1.66. The first kappa shape index (κ1) is 11.7. The molecule has 0 amide bonds. The summed E-state index contributed by atoms with van der Waals surface area (Å²) < 4.78 is 2.45. The van der Waals surface area contributed by atoms with Gasteiger partial charge in [0.15, 0.2) is 5.16 Å². The van der Waals surface area contributed by atoms with E-state index in [9.17, 15) is 4.79 Å². The van der Waals surface area contributed by atoms with Crippen molar-refractivity contribution < 1.29 is 0 Å². The van der Waals surface area contributed by atoms with Crippen molar-refractivity contribution in [3.8, 4) is 0 Å². The highest BCUT2D eigenvalue weighted by atomic mass is 79.9. The molecule has 3 heterocycles. The maximum Gasteiger partial charge on any atom is 0.261 e. The molecule has 92 valence electrons. The number of nitrogens with one attached hydrogen (secondary N) is 1. The number of hydrogen-bond donors (Lipinski definition) is 1. The van der Waals surface area contributed by atoms with Crippen molar-refractivity contribution in [2.75, 3.05) is 5.75 Å². The molecule has 18 heavy (non-hydrogen) atoms. The Morgan fingerprint density at radius 1 is 1.56 bits per heavy atom. The monoisotopic (exact) mass is 324 g/mol. The number of hydrogen-bond acceptors (Lipinski definition) is 4. The first-order valence-electron chi connectivity index (χ1n) is 5.39. The number of nitrogens with zero attached hydrogens (tertiary/aromatic N) is 3. The molecule has 0 radical (unpaired) electrons. The van der Waals surface area contributed by atoms with E-state index in [0.29, 0.717) is 16.1 Å². The summed E-state index contributed by atoms with van der Waals surface area (Å²) in [5.41, 5.74) is 1.30. The van der Waals surface area contributed by atoms with Gasteiger partial charge >= 0.3 is 0 Å². The Hall–Kier alpha value is -1.34. The van der Waals surface area contributed by atoms with Gasteiger partial charge in [-0.05, 0) is 33.8 Å². The summed E-state index contributed by atoms with van der Waals surface area (Å²) in [7, 11) is 0. The van der Waals surface area contributed by atoms with Crippen molar-refractivity contribution in [1.82, 2.24) is 19.6 Å². The summed E-state index contributed by atoms with van der Waals surface area (Å²) in [4.78, 5) is 19.4. The molecule has 0 aromatic carbocycles. The van der Waals surface area contributed by atoms with Gasteiger partial charge < -0.3 is 4.98 Å². The largest absolute Gasteiger partial charge is 0.301 e. The minimum atomic E-state index is -0.131. The van der Waals surface area contributed by atoms with Gasteiger partial charge in [-0.2, -0.15) is 5.10 Å². The quantitative estimate of drug-likeness (QED) is 0.447. The molecule has 0 saturated carbocycles. The highest BCUT2D eigenvalue weighted by Gasteiger charge is 2.11. The van der Waals surface area contributed by atoms with Gasteiger partial charge in [0.25, 0.3) is 5.56 Å². The van der Waals surface area contributed by atoms with Gasteiger partial charge in [0, 0.05) is 0 Å². The van der Waals surface area contributed by atoms with Crippen molar-refractivity contribution in [1.29, 1.82) is 0 Å². The fourth-order valence-electron chi connectivity index (χ4n) is 1.86. The Morgan fingerprint density at radius 3 is 3.17 bits per heavy atom. The predicted molar refractivity (Wildman–Crippen MR) is 75.2 cm³/mol. The van der Waals surface area contributed by atoms with Crippen LogP contribution < -0.4 is 5.56 Å². The highest BCUT2D eigenvalue weighted by Crippen LogP contribution is 2.22. The maximum absolute atomic E-state index is 12.1. The van der Waals surface area contributed by atoms with Crippen LogP contribution in [0.15, 0.2) is 32.9 Å². The average Bonchev–Trinajstić information content (AvgIpc) is 2.78. The standard InChI is InChI=1S/C11H9BrN4OS/c1-2-18-11-14-6-5-8(12)16-7(3-4-13-16)9(6)10(17)15-11/h3-5H,2H2,1H3,(H,14,15,17). The van der Waals surface area contributed by atoms with Crippen LogP contribution in [0.1, 0.15) is 6.92 Å². The van der Waals surface area contributed by atoms with Crippen LogP contribution in [0.4, 0.5) is 0 Å². The van der Waals surface area contributed by atoms with Crippen LogP contribution in [0, 0.1) is 0 Å². The molecule has 3 rings (SSSR count). The van der Waals surface area contributed by atoms with Crippen LogP contribution in [-0.2, 0) is 0 Å². The molecule has 0 atom stereocenters. The molecule has 5 nitrogen and oxygen atoms in total. The van der Waals surface area contributed by atoms with Gasteiger partial charge in [-0.25, -0.2) is 9.50 Å². The summed E-state index contributed by atoms with van der Waals surface area (Å²) in [6.45, 7) is 2.02. The summed E-state index contributed by atoms with van der Waals surface area (Å²) in [5.74, 6) is 0.866. The van der Waals surface area contributed by atoms with E-state index in [0.717, 1.165) is 15.9 Å². The van der Waals surface area contributed by atoms with Crippen LogP contribution in [0.5, 0.6) is 0 Å². The molecule has 0 bridgehead atoms. The Balaban J connectivity index is 2.45. The summed E-state index contributed by atoms with van der Waals surface area (Å²) in [6, 6.07) is 3.61. The third-order valence-corrected chi connectivity index (χ3v) is 3.88. The number of thioether (sulfide) groups is 1. The third-order valence-electron chi connectivity index (χ3n) is 2.56. The topological polar surface area (TPSA) is 63.1 Å². The van der Waals surface area contributed by atoms with Crippen molar-refractivity contribution in [3.63, 3.8) is 0 Å². The second kappa shape index (κ2) is 4.40. The fraction of sp³-hybridized carbons (Fsp3) is 0.182. The van der Waals surface area contributed by atoms with Gasteiger partial charge in [0.05, 0.1) is 22.6 Å². The number of rotatable bonds is 2. The molecule has 1 N–H and O–H groups in total. The van der Waals surface area contributed by atoms with E-state index in [1.807, 2.05) is 13.0 Å². The number of aromatic nitrogens is 4. The zero-order chi connectivity index (χ0) is 12.7. The Morgan fingerprint density at radius 2 is 2.39 bits per heavy atom. The Kier molecular flexibility index (Phi) is 2.87. The van der Waals surface area contributed by atoms with Crippen LogP contribution in [0.3, 0.4) is 0 Å². The van der Waals surface area contributed by atoms with Crippen LogP contribution >= 0.6 is 27.7 Å². The lowest BCUT2D eigenvalue weighted by Gasteiger charge is -2.04. The van der Waals surface area contributed by atoms with Gasteiger partial charge in [-0.1, -0.05) is 18.7 Å². The summed E-state index contributed by atoms with van der Waals surface area (Å²) >= 11 is 4.94. The second-order valence-electron chi connectivity index (χ2n) is 3.66. The zero-order valence-corrected chi connectivity index (χ0v) is 11.9. The minimum Gasteiger partial charge on any atom is -0.301 e. The van der Waals surface area contributed by atoms with Crippen LogP contribution in [-0.4, -0.2) is 25.3 Å². The molecule has 0 fully saturated rings. The van der Waals surface area contributed by atoms with Gasteiger partial charge in [0.1, 0.15) is 4.60 Å². The van der Waals surface area contributed by atoms with Crippen LogP contribution in [0.25, 0.3) is 16.4 Å². The van der Waals surface area contributed by atoms with Gasteiger partial charge in [-0.15, -0.1) is 0 Å². The molecule has 0 aliphatic carbocycles. The number of fused-ring (bicyclic) bond motifs is 3. The SMILES string of the molecule is CCSc1nc2cc(Br)n3nccc3c2c(=O)[nH]1. The van der Waals surface area contributed by atoms with Gasteiger partial charge in [0.2, 0.25) is 0 Å². The van der Waals surface area contributed by atoms with E-state index in [-0.39, 0.29) is 5.56 Å². The smallest absolute Gasteiger partial charge is 0.261 e. The molecule has 3 aromatic heterocycles. The van der Waals surface area contributed by atoms with E-state index in [4.69, 9.17) is 0 Å². The van der Waals surface area contributed by atoms with E-state index in [1.54, 1.807) is 16.8 Å². The van der Waals surface area contributed by atoms with Crippen LogP contribution in [0.2, 0.25) is 0 Å². The first-order chi connectivity index (χ1) is 8.70. The normalized spacial score (nSPS) is 11.4. The molecule has 7 heteroatoms. The third kappa shape index (κ3) is 1.74. The first-order valence-corrected chi connectivity index (χ1v) is 7.17. The van der Waals surface area contributed by atoms with E-state index in [1.165, 1.54) is 11.8 Å².